The van der Waals surface area contributed by atoms with Crippen molar-refractivity contribution in [1.29, 1.82) is 0 Å². The van der Waals surface area contributed by atoms with E-state index in [9.17, 15) is 9.90 Å². The van der Waals surface area contributed by atoms with E-state index in [1.54, 1.807) is 0 Å². The van der Waals surface area contributed by atoms with Crippen LogP contribution in [0.2, 0.25) is 0 Å². The molecule has 6 nitrogen and oxygen atoms in total. The molecule has 2 aromatic carbocycles. The van der Waals surface area contributed by atoms with Gasteiger partial charge in [-0.15, -0.1) is 0 Å². The van der Waals surface area contributed by atoms with Crippen LogP contribution in [-0.4, -0.2) is 45.4 Å². The van der Waals surface area contributed by atoms with Crippen LogP contribution >= 0.6 is 34.8 Å². The van der Waals surface area contributed by atoms with E-state index in [1.807, 2.05) is 36.4 Å². The van der Waals surface area contributed by atoms with E-state index in [-0.39, 0.29) is 25.4 Å². The highest BCUT2D eigenvalue weighted by Gasteiger charge is 2.33. The van der Waals surface area contributed by atoms with Gasteiger partial charge in [0.05, 0.1) is 18.8 Å². The fraction of sp³-hybridized carbons (Fsp3) is 0.649. The Morgan fingerprint density at radius 2 is 1.30 bits per heavy atom. The number of hydrogen-bond donors (Lipinski definition) is 2. The number of carbonyl (C=O) groups excluding carboxylic acids is 1. The summed E-state index contributed by atoms with van der Waals surface area (Å²) in [6, 6.07) is 15.8. The lowest BCUT2D eigenvalue weighted by Crippen LogP contribution is -2.40. The average Bonchev–Trinajstić information content (AvgIpc) is 3.06. The van der Waals surface area contributed by atoms with Crippen LogP contribution in [0.25, 0.3) is 0 Å². The SMILES string of the molecule is CCCCCCCCN(CCCCCCCC)C[C@@H]1C[C@H](c2ccc(CO)cc2)O[C@H](c2ccc(CNC(=O)C(Cl)(Cl)Cl)cc2)O1. The molecule has 1 amide bonds. The smallest absolute Gasteiger partial charge is 0.272 e. The van der Waals surface area contributed by atoms with Gasteiger partial charge in [-0.3, -0.25) is 4.79 Å². The van der Waals surface area contributed by atoms with Crippen molar-refractivity contribution in [2.24, 2.45) is 0 Å². The number of hydrogen-bond acceptors (Lipinski definition) is 5. The van der Waals surface area contributed by atoms with Crippen molar-refractivity contribution < 1.29 is 19.4 Å². The molecule has 3 rings (SSSR count). The molecule has 0 saturated carbocycles. The number of benzene rings is 2. The Morgan fingerprint density at radius 1 is 0.783 bits per heavy atom. The third-order valence-corrected chi connectivity index (χ3v) is 9.21. The van der Waals surface area contributed by atoms with Crippen molar-refractivity contribution in [2.45, 2.75) is 133 Å². The summed E-state index contributed by atoms with van der Waals surface area (Å²) in [6.07, 6.45) is 15.5. The van der Waals surface area contributed by atoms with Gasteiger partial charge in [-0.2, -0.15) is 0 Å². The van der Waals surface area contributed by atoms with E-state index in [0.29, 0.717) is 0 Å². The Bertz CT molecular complexity index is 1100. The highest BCUT2D eigenvalue weighted by molar-refractivity contribution is 6.76. The van der Waals surface area contributed by atoms with Gasteiger partial charge >= 0.3 is 0 Å². The first-order chi connectivity index (χ1) is 22.2. The fourth-order valence-corrected chi connectivity index (χ4v) is 6.12. The molecule has 0 radical (unpaired) electrons. The van der Waals surface area contributed by atoms with Crippen molar-refractivity contribution in [3.63, 3.8) is 0 Å². The molecule has 0 unspecified atom stereocenters. The number of aliphatic hydroxyl groups excluding tert-OH is 1. The Balaban J connectivity index is 1.71. The molecular formula is C37H55Cl3N2O4. The molecule has 1 saturated heterocycles. The van der Waals surface area contributed by atoms with Crippen LogP contribution in [0.1, 0.15) is 132 Å². The number of ether oxygens (including phenoxy) is 2. The van der Waals surface area contributed by atoms with Crippen LogP contribution in [0.3, 0.4) is 0 Å². The van der Waals surface area contributed by atoms with Crippen molar-refractivity contribution in [2.75, 3.05) is 19.6 Å². The second kappa shape index (κ2) is 21.6. The number of nitrogens with zero attached hydrogens (tertiary/aromatic N) is 1. The van der Waals surface area contributed by atoms with Gasteiger partial charge in [0.1, 0.15) is 0 Å². The quantitative estimate of drug-likeness (QED) is 0.100. The minimum absolute atomic E-state index is 0.00435. The highest BCUT2D eigenvalue weighted by atomic mass is 35.6. The van der Waals surface area contributed by atoms with Gasteiger partial charge in [-0.25, -0.2) is 0 Å². The Hall–Kier alpha value is -1.38. The topological polar surface area (TPSA) is 71.0 Å². The Kier molecular flexibility index (Phi) is 18.3. The summed E-state index contributed by atoms with van der Waals surface area (Å²) in [5.74, 6) is -0.662. The van der Waals surface area contributed by atoms with Crippen molar-refractivity contribution in [3.8, 4) is 0 Å². The first-order valence-electron chi connectivity index (χ1n) is 17.4. The molecule has 2 aromatic rings. The van der Waals surface area contributed by atoms with Gasteiger partial charge in [-0.05, 0) is 42.6 Å². The maximum absolute atomic E-state index is 12.0. The van der Waals surface area contributed by atoms with Gasteiger partial charge < -0.3 is 24.8 Å². The summed E-state index contributed by atoms with van der Waals surface area (Å²) in [5.41, 5.74) is 3.75. The zero-order valence-electron chi connectivity index (χ0n) is 27.8. The monoisotopic (exact) mass is 696 g/mol. The average molecular weight is 698 g/mol. The number of nitrogens with one attached hydrogen (secondary N) is 1. The van der Waals surface area contributed by atoms with E-state index >= 15 is 0 Å². The molecule has 1 heterocycles. The number of alkyl halides is 3. The second-order valence-corrected chi connectivity index (χ2v) is 14.9. The van der Waals surface area contributed by atoms with Crippen LogP contribution in [0.4, 0.5) is 0 Å². The minimum Gasteiger partial charge on any atom is -0.392 e. The minimum atomic E-state index is -2.00. The normalized spacial score (nSPS) is 18.6. The van der Waals surface area contributed by atoms with E-state index in [4.69, 9.17) is 44.3 Å². The molecule has 3 atom stereocenters. The third kappa shape index (κ3) is 14.4. The first kappa shape index (κ1) is 39.1. The predicted molar refractivity (Wildman–Crippen MR) is 190 cm³/mol. The standard InChI is InChI=1S/C37H55Cl3N2O4/c1-3-5-7-9-11-13-23-42(24-14-12-10-8-6-4-2)27-33-25-34(31-19-17-30(28-43)18-20-31)46-35(45-33)32-21-15-29(16-22-32)26-41-36(44)37(38,39)40/h15-22,33-35,43H,3-14,23-28H2,1-2H3,(H,41,44)/t33-,34+,35+/m0/s1. The molecule has 1 aliphatic rings. The van der Waals surface area contributed by atoms with Crippen LogP contribution in [0, 0.1) is 0 Å². The number of unbranched alkanes of at least 4 members (excludes halogenated alkanes) is 10. The maximum Gasteiger partial charge on any atom is 0.272 e. The molecule has 46 heavy (non-hydrogen) atoms. The second-order valence-electron chi connectivity index (χ2n) is 12.6. The summed E-state index contributed by atoms with van der Waals surface area (Å²) in [7, 11) is 0. The fourth-order valence-electron chi connectivity index (χ4n) is 5.92. The summed E-state index contributed by atoms with van der Waals surface area (Å²) >= 11 is 17.1. The summed E-state index contributed by atoms with van der Waals surface area (Å²) in [6.45, 7) is 7.85. The number of halogens is 3. The predicted octanol–water partition coefficient (Wildman–Crippen LogP) is 9.73. The number of carbonyl (C=O) groups is 1. The summed E-state index contributed by atoms with van der Waals surface area (Å²) in [5, 5.41) is 12.2. The van der Waals surface area contributed by atoms with Crippen LogP contribution in [0.5, 0.6) is 0 Å². The molecule has 1 fully saturated rings. The molecular weight excluding hydrogens is 643 g/mol. The number of amides is 1. The first-order valence-corrected chi connectivity index (χ1v) is 18.5. The lowest BCUT2D eigenvalue weighted by atomic mass is 9.99. The number of aliphatic hydroxyl groups is 1. The summed E-state index contributed by atoms with van der Waals surface area (Å²) in [4.78, 5) is 14.6. The van der Waals surface area contributed by atoms with Gasteiger partial charge in [-0.1, -0.05) is 161 Å². The van der Waals surface area contributed by atoms with E-state index in [2.05, 4.69) is 36.2 Å². The van der Waals surface area contributed by atoms with Crippen molar-refractivity contribution in [3.05, 3.63) is 70.8 Å². The van der Waals surface area contributed by atoms with Gasteiger partial charge in [0.25, 0.3) is 9.70 Å². The molecule has 0 aliphatic carbocycles. The van der Waals surface area contributed by atoms with Gasteiger partial charge in [0.15, 0.2) is 6.29 Å². The molecule has 0 bridgehead atoms. The lowest BCUT2D eigenvalue weighted by Gasteiger charge is -2.38. The highest BCUT2D eigenvalue weighted by Crippen LogP contribution is 2.38. The third-order valence-electron chi connectivity index (χ3n) is 8.69. The molecule has 258 valence electrons. The van der Waals surface area contributed by atoms with Crippen molar-refractivity contribution in [1.82, 2.24) is 10.2 Å². The van der Waals surface area contributed by atoms with E-state index in [0.717, 1.165) is 48.3 Å². The molecule has 1 aliphatic heterocycles. The maximum atomic E-state index is 12.0. The molecule has 0 spiro atoms. The van der Waals surface area contributed by atoms with Crippen LogP contribution < -0.4 is 5.32 Å². The Labute approximate surface area is 292 Å². The zero-order valence-corrected chi connectivity index (χ0v) is 30.1. The zero-order chi connectivity index (χ0) is 33.2. The largest absolute Gasteiger partial charge is 0.392 e. The Morgan fingerprint density at radius 3 is 1.85 bits per heavy atom. The van der Waals surface area contributed by atoms with Gasteiger partial charge in [0.2, 0.25) is 0 Å². The van der Waals surface area contributed by atoms with E-state index < -0.39 is 16.0 Å². The van der Waals surface area contributed by atoms with Crippen LogP contribution in [-0.2, 0) is 27.4 Å². The van der Waals surface area contributed by atoms with Gasteiger partial charge in [0, 0.05) is 25.1 Å². The van der Waals surface area contributed by atoms with Crippen molar-refractivity contribution >= 4 is 40.7 Å². The summed E-state index contributed by atoms with van der Waals surface area (Å²) < 4.78 is 11.2. The lowest BCUT2D eigenvalue weighted by molar-refractivity contribution is -0.253. The number of rotatable bonds is 21. The molecule has 9 heteroatoms. The van der Waals surface area contributed by atoms with E-state index in [1.165, 1.54) is 77.0 Å². The van der Waals surface area contributed by atoms with Crippen LogP contribution in [0.15, 0.2) is 48.5 Å². The molecule has 2 N–H and O–H groups in total. The molecule has 0 aromatic heterocycles.